The molecule has 126 valence electrons. The summed E-state index contributed by atoms with van der Waals surface area (Å²) in [6, 6.07) is 11.6. The molecular weight excluding hydrogens is 368 g/mol. The minimum atomic E-state index is -0.652. The third-order valence-corrected chi connectivity index (χ3v) is 4.27. The van der Waals surface area contributed by atoms with E-state index in [4.69, 9.17) is 4.74 Å². The summed E-state index contributed by atoms with van der Waals surface area (Å²) < 4.78 is 6.44. The average Bonchev–Trinajstić information content (AvgIpc) is 2.51. The zero-order chi connectivity index (χ0) is 17.7. The summed E-state index contributed by atoms with van der Waals surface area (Å²) in [5, 5.41) is 4.06. The Bertz CT molecular complexity index is 749. The Morgan fingerprint density at radius 2 is 1.83 bits per heavy atom. The molecule has 0 bridgehead atoms. The highest BCUT2D eigenvalue weighted by atomic mass is 79.9. The van der Waals surface area contributed by atoms with E-state index in [0.717, 1.165) is 21.2 Å². The number of hydrazone groups is 1. The number of amides is 1. The minimum Gasteiger partial charge on any atom is -0.480 e. The van der Waals surface area contributed by atoms with Crippen molar-refractivity contribution in [3.8, 4) is 5.75 Å². The van der Waals surface area contributed by atoms with Gasteiger partial charge >= 0.3 is 0 Å². The lowest BCUT2D eigenvalue weighted by Gasteiger charge is -2.14. The Hall–Kier alpha value is -2.14. The van der Waals surface area contributed by atoms with Gasteiger partial charge in [0.1, 0.15) is 5.75 Å². The molecule has 5 heteroatoms. The molecule has 2 rings (SSSR count). The van der Waals surface area contributed by atoms with Crippen molar-refractivity contribution >= 4 is 28.1 Å². The molecule has 0 aromatic heterocycles. The number of para-hydroxylation sites is 1. The number of hydrogen-bond donors (Lipinski definition) is 1. The normalized spacial score (nSPS) is 12.2. The number of rotatable bonds is 5. The van der Waals surface area contributed by atoms with Gasteiger partial charge in [0.25, 0.3) is 5.91 Å². The fourth-order valence-electron chi connectivity index (χ4n) is 2.43. The molecular formula is C19H21BrN2O2. The second-order valence-electron chi connectivity index (χ2n) is 5.74. The summed E-state index contributed by atoms with van der Waals surface area (Å²) in [6.07, 6.45) is 1.02. The molecule has 1 amide bonds. The van der Waals surface area contributed by atoms with Crippen LogP contribution >= 0.6 is 15.9 Å². The van der Waals surface area contributed by atoms with E-state index in [1.54, 1.807) is 19.2 Å². The summed E-state index contributed by atoms with van der Waals surface area (Å²) >= 11 is 3.39. The lowest BCUT2D eigenvalue weighted by Crippen LogP contribution is -2.33. The number of carbonyl (C=O) groups excluding carboxylic acids is 1. The van der Waals surface area contributed by atoms with Gasteiger partial charge in [-0.3, -0.25) is 4.79 Å². The Labute approximate surface area is 151 Å². The number of halogens is 1. The molecule has 2 aromatic carbocycles. The molecule has 1 atom stereocenters. The van der Waals surface area contributed by atoms with Crippen LogP contribution in [0.4, 0.5) is 0 Å². The van der Waals surface area contributed by atoms with Crippen molar-refractivity contribution in [1.82, 2.24) is 5.43 Å². The van der Waals surface area contributed by atoms with Gasteiger partial charge in [0.05, 0.1) is 10.7 Å². The number of ether oxygens (including phenoxy) is 1. The minimum absolute atomic E-state index is 0.301. The maximum absolute atomic E-state index is 12.1. The number of nitrogens with one attached hydrogen (secondary N) is 1. The van der Waals surface area contributed by atoms with Crippen LogP contribution in [-0.2, 0) is 4.79 Å². The van der Waals surface area contributed by atoms with Gasteiger partial charge in [0.2, 0.25) is 0 Å². The summed E-state index contributed by atoms with van der Waals surface area (Å²) in [5.74, 6) is 0.318. The molecule has 0 fully saturated rings. The van der Waals surface area contributed by atoms with Gasteiger partial charge in [0.15, 0.2) is 6.10 Å². The van der Waals surface area contributed by atoms with E-state index in [-0.39, 0.29) is 5.91 Å². The van der Waals surface area contributed by atoms with Crippen LogP contribution in [0.2, 0.25) is 0 Å². The van der Waals surface area contributed by atoms with Crippen molar-refractivity contribution in [2.24, 2.45) is 5.10 Å². The first-order valence-electron chi connectivity index (χ1n) is 7.70. The Morgan fingerprint density at radius 3 is 2.46 bits per heavy atom. The second-order valence-corrected chi connectivity index (χ2v) is 6.59. The van der Waals surface area contributed by atoms with Gasteiger partial charge in [-0.05, 0) is 66.9 Å². The van der Waals surface area contributed by atoms with Crippen molar-refractivity contribution in [1.29, 1.82) is 0 Å². The van der Waals surface area contributed by atoms with Crippen molar-refractivity contribution in [3.05, 3.63) is 63.1 Å². The van der Waals surface area contributed by atoms with Crippen LogP contribution in [0, 0.1) is 20.8 Å². The maximum Gasteiger partial charge on any atom is 0.280 e. The first kappa shape index (κ1) is 18.2. The maximum atomic E-state index is 12.1. The van der Waals surface area contributed by atoms with Crippen molar-refractivity contribution < 1.29 is 9.53 Å². The van der Waals surface area contributed by atoms with Crippen LogP contribution in [0.25, 0.3) is 0 Å². The monoisotopic (exact) mass is 388 g/mol. The van der Waals surface area contributed by atoms with E-state index in [1.807, 2.05) is 32.0 Å². The van der Waals surface area contributed by atoms with E-state index >= 15 is 0 Å². The predicted molar refractivity (Wildman–Crippen MR) is 101 cm³/mol. The zero-order valence-corrected chi connectivity index (χ0v) is 15.8. The van der Waals surface area contributed by atoms with Gasteiger partial charge < -0.3 is 4.74 Å². The highest BCUT2D eigenvalue weighted by Crippen LogP contribution is 2.24. The summed E-state index contributed by atoms with van der Waals surface area (Å²) in [6.45, 7) is 7.81. The largest absolute Gasteiger partial charge is 0.480 e. The lowest BCUT2D eigenvalue weighted by atomic mass is 10.0. The van der Waals surface area contributed by atoms with Gasteiger partial charge in [-0.25, -0.2) is 5.43 Å². The highest BCUT2D eigenvalue weighted by molar-refractivity contribution is 9.10. The first-order valence-corrected chi connectivity index (χ1v) is 8.49. The zero-order valence-electron chi connectivity index (χ0n) is 14.3. The third kappa shape index (κ3) is 4.68. The summed E-state index contributed by atoms with van der Waals surface area (Å²) in [4.78, 5) is 12.1. The number of hydrogen-bond acceptors (Lipinski definition) is 3. The number of nitrogens with zero attached hydrogens (tertiary/aromatic N) is 1. The number of aryl methyl sites for hydroxylation is 3. The lowest BCUT2D eigenvalue weighted by molar-refractivity contribution is -0.127. The standard InChI is InChI=1S/C19H21BrN2O2/c1-12-9-13(2)16(14(3)10-12)11-21-22-19(23)15(4)24-18-8-6-5-7-17(18)20/h5-11,15H,1-4H3,(H,22,23)/b21-11-/t15-/m1/s1. The SMILES string of the molecule is Cc1cc(C)c(/C=N\NC(=O)[C@@H](C)Oc2ccccc2Br)c(C)c1. The second kappa shape index (κ2) is 8.11. The van der Waals surface area contributed by atoms with Crippen LogP contribution in [0.5, 0.6) is 5.75 Å². The molecule has 0 aliphatic carbocycles. The molecule has 0 heterocycles. The summed E-state index contributed by atoms with van der Waals surface area (Å²) in [7, 11) is 0. The fraction of sp³-hybridized carbons (Fsp3) is 0.263. The van der Waals surface area contributed by atoms with Gasteiger partial charge in [-0.1, -0.05) is 29.8 Å². The van der Waals surface area contributed by atoms with Crippen molar-refractivity contribution in [3.63, 3.8) is 0 Å². The van der Waals surface area contributed by atoms with E-state index < -0.39 is 6.10 Å². The number of benzene rings is 2. The topological polar surface area (TPSA) is 50.7 Å². The Kier molecular flexibility index (Phi) is 6.15. The fourth-order valence-corrected chi connectivity index (χ4v) is 2.81. The molecule has 0 aliphatic rings. The van der Waals surface area contributed by atoms with E-state index in [0.29, 0.717) is 5.75 Å². The average molecular weight is 389 g/mol. The van der Waals surface area contributed by atoms with Gasteiger partial charge in [-0.2, -0.15) is 5.10 Å². The van der Waals surface area contributed by atoms with Gasteiger partial charge in [-0.15, -0.1) is 0 Å². The number of carbonyl (C=O) groups is 1. The predicted octanol–water partition coefficient (Wildman–Crippen LogP) is 4.29. The van der Waals surface area contributed by atoms with Crippen LogP contribution in [0.1, 0.15) is 29.2 Å². The molecule has 0 radical (unpaired) electrons. The molecule has 0 spiro atoms. The molecule has 2 aromatic rings. The van der Waals surface area contributed by atoms with E-state index in [9.17, 15) is 4.79 Å². The third-order valence-electron chi connectivity index (χ3n) is 3.62. The Morgan fingerprint density at radius 1 is 1.21 bits per heavy atom. The molecule has 0 unspecified atom stereocenters. The summed E-state index contributed by atoms with van der Waals surface area (Å²) in [5.41, 5.74) is 7.01. The van der Waals surface area contributed by atoms with Crippen molar-refractivity contribution in [2.45, 2.75) is 33.8 Å². The molecule has 24 heavy (non-hydrogen) atoms. The first-order chi connectivity index (χ1) is 11.4. The molecule has 0 aliphatic heterocycles. The molecule has 0 saturated heterocycles. The van der Waals surface area contributed by atoms with Crippen LogP contribution < -0.4 is 10.2 Å². The van der Waals surface area contributed by atoms with Gasteiger partial charge in [0, 0.05) is 5.56 Å². The quantitative estimate of drug-likeness (QED) is 0.613. The van der Waals surface area contributed by atoms with E-state index in [1.165, 1.54) is 5.56 Å². The van der Waals surface area contributed by atoms with Crippen LogP contribution in [0.3, 0.4) is 0 Å². The molecule has 0 saturated carbocycles. The smallest absolute Gasteiger partial charge is 0.280 e. The van der Waals surface area contributed by atoms with E-state index in [2.05, 4.69) is 45.5 Å². The van der Waals surface area contributed by atoms with Crippen LogP contribution in [-0.4, -0.2) is 18.2 Å². The van der Waals surface area contributed by atoms with Crippen LogP contribution in [0.15, 0.2) is 46.0 Å². The molecule has 1 N–H and O–H groups in total. The highest BCUT2D eigenvalue weighted by Gasteiger charge is 2.15. The Balaban J connectivity index is 1.99. The molecule has 4 nitrogen and oxygen atoms in total. The van der Waals surface area contributed by atoms with Crippen molar-refractivity contribution in [2.75, 3.05) is 0 Å².